The highest BCUT2D eigenvalue weighted by Crippen LogP contribution is 2.29. The molecule has 2 N–H and O–H groups in total. The Bertz CT molecular complexity index is 1200. The van der Waals surface area contributed by atoms with Crippen LogP contribution in [0.1, 0.15) is 17.8 Å². The van der Waals surface area contributed by atoms with Gasteiger partial charge in [0.1, 0.15) is 17.5 Å². The molecule has 1 aromatic carbocycles. The summed E-state index contributed by atoms with van der Waals surface area (Å²) in [6, 6.07) is 8.24. The van der Waals surface area contributed by atoms with Crippen molar-refractivity contribution in [2.45, 2.75) is 25.3 Å². The van der Waals surface area contributed by atoms with Gasteiger partial charge in [-0.15, -0.1) is 0 Å². The van der Waals surface area contributed by atoms with Gasteiger partial charge in [0, 0.05) is 43.9 Å². The van der Waals surface area contributed by atoms with Crippen LogP contribution in [0.2, 0.25) is 0 Å². The number of fused-ring (bicyclic) bond motifs is 1. The SMILES string of the molecule is COc1ccc(CCCc2nc(NNC=C3C=NC4C=CC=CC34)cc(N3CCOCC3)n2)cc1OC. The summed E-state index contributed by atoms with van der Waals surface area (Å²) in [5, 5.41) is 0. The summed E-state index contributed by atoms with van der Waals surface area (Å²) in [7, 11) is 3.31. The van der Waals surface area contributed by atoms with Crippen molar-refractivity contribution in [2.24, 2.45) is 10.9 Å². The standard InChI is InChI=1S/C28H34N6O3/c1-35-24-11-10-20(16-25(24)36-2)6-5-9-26-31-27(17-28(32-26)34-12-14-37-15-13-34)33-30-19-21-18-29-23-8-4-3-7-22(21)23/h3-4,7-8,10-11,16-19,22-23,30H,5-6,9,12-15H2,1-2H3,(H,31,32,33). The van der Waals surface area contributed by atoms with Gasteiger partial charge in [0.25, 0.3) is 0 Å². The second-order valence-electron chi connectivity index (χ2n) is 9.15. The van der Waals surface area contributed by atoms with Gasteiger partial charge in [-0.05, 0) is 36.1 Å². The third-order valence-corrected chi connectivity index (χ3v) is 6.73. The fourth-order valence-corrected chi connectivity index (χ4v) is 4.73. The van der Waals surface area contributed by atoms with E-state index in [2.05, 4.69) is 45.0 Å². The highest BCUT2D eigenvalue weighted by molar-refractivity contribution is 5.83. The Morgan fingerprint density at radius 1 is 1.03 bits per heavy atom. The predicted octanol–water partition coefficient (Wildman–Crippen LogP) is 3.50. The lowest BCUT2D eigenvalue weighted by atomic mass is 9.92. The normalized spacial score (nSPS) is 21.2. The first-order valence-electron chi connectivity index (χ1n) is 12.7. The molecule has 37 heavy (non-hydrogen) atoms. The van der Waals surface area contributed by atoms with E-state index in [9.17, 15) is 0 Å². The third kappa shape index (κ3) is 6.11. The van der Waals surface area contributed by atoms with Crippen LogP contribution in [0, 0.1) is 5.92 Å². The molecular formula is C28H34N6O3. The predicted molar refractivity (Wildman–Crippen MR) is 146 cm³/mol. The van der Waals surface area contributed by atoms with Gasteiger partial charge in [-0.1, -0.05) is 30.4 Å². The topological polar surface area (TPSA) is 93.1 Å². The zero-order valence-corrected chi connectivity index (χ0v) is 21.4. The second-order valence-corrected chi connectivity index (χ2v) is 9.15. The Hall–Kier alpha value is -3.85. The highest BCUT2D eigenvalue weighted by Gasteiger charge is 2.25. The van der Waals surface area contributed by atoms with Crippen LogP contribution in [0.25, 0.3) is 0 Å². The van der Waals surface area contributed by atoms with E-state index < -0.39 is 0 Å². The lowest BCUT2D eigenvalue weighted by molar-refractivity contribution is 0.122. The Morgan fingerprint density at radius 2 is 1.86 bits per heavy atom. The number of benzene rings is 1. The Kier molecular flexibility index (Phi) is 8.00. The van der Waals surface area contributed by atoms with Crippen molar-refractivity contribution in [1.82, 2.24) is 15.4 Å². The molecule has 0 amide bonds. The lowest BCUT2D eigenvalue weighted by Gasteiger charge is -2.28. The van der Waals surface area contributed by atoms with E-state index in [-0.39, 0.29) is 12.0 Å². The first kappa shape index (κ1) is 24.8. The number of rotatable bonds is 10. The Labute approximate surface area is 217 Å². The molecule has 3 aliphatic rings. The van der Waals surface area contributed by atoms with Crippen LogP contribution in [0.15, 0.2) is 65.3 Å². The Balaban J connectivity index is 1.25. The van der Waals surface area contributed by atoms with Gasteiger partial charge >= 0.3 is 0 Å². The van der Waals surface area contributed by atoms with Crippen LogP contribution in [0.5, 0.6) is 11.5 Å². The van der Waals surface area contributed by atoms with Crippen molar-refractivity contribution in [3.8, 4) is 11.5 Å². The van der Waals surface area contributed by atoms with E-state index in [1.807, 2.05) is 36.7 Å². The van der Waals surface area contributed by atoms with Gasteiger partial charge in [0.2, 0.25) is 0 Å². The average molecular weight is 503 g/mol. The third-order valence-electron chi connectivity index (χ3n) is 6.73. The number of anilines is 2. The summed E-state index contributed by atoms with van der Waals surface area (Å²) in [4.78, 5) is 16.5. The van der Waals surface area contributed by atoms with Crippen LogP contribution in [-0.4, -0.2) is 62.7 Å². The van der Waals surface area contributed by atoms with E-state index in [1.54, 1.807) is 14.2 Å². The molecule has 2 aliphatic heterocycles. The number of hydrazine groups is 1. The number of aromatic nitrogens is 2. The molecule has 0 bridgehead atoms. The van der Waals surface area contributed by atoms with Crippen LogP contribution >= 0.6 is 0 Å². The number of hydrogen-bond donors (Lipinski definition) is 2. The van der Waals surface area contributed by atoms with Crippen molar-refractivity contribution in [2.75, 3.05) is 50.8 Å². The molecule has 0 spiro atoms. The number of nitrogens with zero attached hydrogens (tertiary/aromatic N) is 4. The molecule has 1 saturated heterocycles. The fourth-order valence-electron chi connectivity index (χ4n) is 4.73. The number of aliphatic imine (C=N–C) groups is 1. The average Bonchev–Trinajstić information content (AvgIpc) is 3.36. The minimum atomic E-state index is 0.197. The number of hydrogen-bond acceptors (Lipinski definition) is 9. The molecule has 2 unspecified atom stereocenters. The molecule has 1 aromatic heterocycles. The second kappa shape index (κ2) is 11.9. The highest BCUT2D eigenvalue weighted by atomic mass is 16.5. The number of methoxy groups -OCH3 is 2. The minimum Gasteiger partial charge on any atom is -0.493 e. The van der Waals surface area contributed by atoms with Gasteiger partial charge in [0.15, 0.2) is 11.5 Å². The van der Waals surface area contributed by atoms with E-state index in [1.165, 1.54) is 5.56 Å². The molecule has 0 saturated carbocycles. The van der Waals surface area contributed by atoms with Gasteiger partial charge in [-0.3, -0.25) is 10.4 Å². The molecule has 194 valence electrons. The maximum absolute atomic E-state index is 5.53. The molecular weight excluding hydrogens is 468 g/mol. The molecule has 2 atom stereocenters. The molecule has 1 fully saturated rings. The van der Waals surface area contributed by atoms with Gasteiger partial charge in [0.05, 0.1) is 33.5 Å². The van der Waals surface area contributed by atoms with Crippen molar-refractivity contribution in [3.05, 3.63) is 71.7 Å². The summed E-state index contributed by atoms with van der Waals surface area (Å²) in [5.74, 6) is 4.22. The number of allylic oxidation sites excluding steroid dienone is 2. The zero-order valence-electron chi connectivity index (χ0n) is 21.4. The van der Waals surface area contributed by atoms with Crippen LogP contribution in [0.4, 0.5) is 11.6 Å². The van der Waals surface area contributed by atoms with E-state index in [0.717, 1.165) is 66.9 Å². The van der Waals surface area contributed by atoms with Crippen LogP contribution in [-0.2, 0) is 17.6 Å². The number of morpholine rings is 1. The van der Waals surface area contributed by atoms with Gasteiger partial charge in [-0.2, -0.15) is 0 Å². The molecule has 5 rings (SSSR count). The van der Waals surface area contributed by atoms with E-state index in [0.29, 0.717) is 13.2 Å². The first-order valence-corrected chi connectivity index (χ1v) is 12.7. The molecule has 2 aromatic rings. The quantitative estimate of drug-likeness (QED) is 0.477. The summed E-state index contributed by atoms with van der Waals surface area (Å²) in [5.41, 5.74) is 8.80. The van der Waals surface area contributed by atoms with Crippen molar-refractivity contribution < 1.29 is 14.2 Å². The Morgan fingerprint density at radius 3 is 2.70 bits per heavy atom. The maximum Gasteiger partial charge on any atom is 0.160 e. The van der Waals surface area contributed by atoms with Gasteiger partial charge < -0.3 is 24.5 Å². The molecule has 3 heterocycles. The van der Waals surface area contributed by atoms with E-state index >= 15 is 0 Å². The minimum absolute atomic E-state index is 0.197. The number of ether oxygens (including phenoxy) is 3. The molecule has 9 nitrogen and oxygen atoms in total. The summed E-state index contributed by atoms with van der Waals surface area (Å²) in [6.45, 7) is 3.04. The van der Waals surface area contributed by atoms with E-state index in [4.69, 9.17) is 24.2 Å². The summed E-state index contributed by atoms with van der Waals surface area (Å²) < 4.78 is 16.3. The first-order chi connectivity index (χ1) is 18.2. The zero-order chi connectivity index (χ0) is 25.5. The maximum atomic E-state index is 5.53. The monoisotopic (exact) mass is 502 g/mol. The smallest absolute Gasteiger partial charge is 0.160 e. The van der Waals surface area contributed by atoms with Crippen molar-refractivity contribution in [3.63, 3.8) is 0 Å². The van der Waals surface area contributed by atoms with Crippen molar-refractivity contribution in [1.29, 1.82) is 0 Å². The largest absolute Gasteiger partial charge is 0.493 e. The molecule has 0 radical (unpaired) electrons. The summed E-state index contributed by atoms with van der Waals surface area (Å²) in [6.07, 6.45) is 14.9. The van der Waals surface area contributed by atoms with Gasteiger partial charge in [-0.25, -0.2) is 9.97 Å². The number of nitrogens with one attached hydrogen (secondary N) is 2. The fraction of sp³-hybridized carbons (Fsp3) is 0.393. The lowest BCUT2D eigenvalue weighted by Crippen LogP contribution is -2.37. The summed E-state index contributed by atoms with van der Waals surface area (Å²) >= 11 is 0. The molecule has 1 aliphatic carbocycles. The molecule has 9 heteroatoms. The van der Waals surface area contributed by atoms with Crippen molar-refractivity contribution >= 4 is 17.9 Å². The number of aryl methyl sites for hydroxylation is 2. The van der Waals surface area contributed by atoms with Crippen LogP contribution in [0.3, 0.4) is 0 Å². The van der Waals surface area contributed by atoms with Crippen LogP contribution < -0.4 is 25.2 Å².